The Hall–Kier alpha value is -2.37. The van der Waals surface area contributed by atoms with Crippen LogP contribution in [0, 0.1) is 0 Å². The third-order valence-corrected chi connectivity index (χ3v) is 4.26. The van der Waals surface area contributed by atoms with Crippen LogP contribution in [0.2, 0.25) is 0 Å². The molecule has 2 aliphatic carbocycles. The van der Waals surface area contributed by atoms with E-state index in [2.05, 4.69) is 11.1 Å². The molecule has 0 saturated heterocycles. The number of rotatable bonds is 5. The van der Waals surface area contributed by atoms with Gasteiger partial charge in [-0.1, -0.05) is 18.2 Å². The maximum Gasteiger partial charge on any atom is 0.357 e. The zero-order chi connectivity index (χ0) is 15.7. The topological polar surface area (TPSA) is 81.4 Å². The van der Waals surface area contributed by atoms with E-state index in [9.17, 15) is 9.59 Å². The number of aliphatic carboxylic acids is 1. The highest BCUT2D eigenvalue weighted by Gasteiger charge is 2.55. The summed E-state index contributed by atoms with van der Waals surface area (Å²) in [5.74, 6) is -1.71. The molecule has 2 aliphatic rings. The molecular formula is C16H18N2O4. The molecule has 1 heterocycles. The summed E-state index contributed by atoms with van der Waals surface area (Å²) in [6, 6.07) is -0.0185. The van der Waals surface area contributed by atoms with E-state index in [4.69, 9.17) is 9.84 Å². The van der Waals surface area contributed by atoms with E-state index in [1.807, 2.05) is 19.1 Å². The van der Waals surface area contributed by atoms with Crippen molar-refractivity contribution in [1.29, 1.82) is 0 Å². The maximum absolute atomic E-state index is 12.3. The molecule has 0 spiro atoms. The highest BCUT2D eigenvalue weighted by Crippen LogP contribution is 2.40. The lowest BCUT2D eigenvalue weighted by Gasteiger charge is -2.21. The number of ether oxygens (including phenoxy) is 1. The van der Waals surface area contributed by atoms with Crippen molar-refractivity contribution in [2.45, 2.75) is 44.2 Å². The molecule has 0 bridgehead atoms. The molecule has 0 unspecified atom stereocenters. The number of nitrogens with zero attached hydrogens (tertiary/aromatic N) is 2. The Morgan fingerprint density at radius 1 is 1.45 bits per heavy atom. The summed E-state index contributed by atoms with van der Waals surface area (Å²) in [5, 5.41) is 9.12. The van der Waals surface area contributed by atoms with Crippen molar-refractivity contribution in [3.05, 3.63) is 42.0 Å². The molecule has 6 heteroatoms. The molecule has 3 rings (SSSR count). The Bertz CT molecular complexity index is 667. The summed E-state index contributed by atoms with van der Waals surface area (Å²) >= 11 is 0. The number of esters is 1. The second-order valence-corrected chi connectivity index (χ2v) is 5.76. The second-order valence-electron chi connectivity index (χ2n) is 5.76. The predicted molar refractivity (Wildman–Crippen MR) is 78.4 cm³/mol. The first kappa shape index (κ1) is 14.6. The normalized spacial score (nSPS) is 20.1. The molecule has 1 aromatic rings. The van der Waals surface area contributed by atoms with Crippen molar-refractivity contribution in [3.63, 3.8) is 0 Å². The van der Waals surface area contributed by atoms with Gasteiger partial charge in [0.1, 0.15) is 5.69 Å². The van der Waals surface area contributed by atoms with E-state index in [0.717, 1.165) is 12.8 Å². The minimum atomic E-state index is -1.33. The summed E-state index contributed by atoms with van der Waals surface area (Å²) < 4.78 is 6.94. The smallest absolute Gasteiger partial charge is 0.357 e. The van der Waals surface area contributed by atoms with Gasteiger partial charge < -0.3 is 14.4 Å². The lowest BCUT2D eigenvalue weighted by Crippen LogP contribution is -2.30. The van der Waals surface area contributed by atoms with Gasteiger partial charge in [0.25, 0.3) is 0 Å². The number of carboxylic acids is 1. The van der Waals surface area contributed by atoms with Crippen LogP contribution < -0.4 is 0 Å². The Kier molecular flexibility index (Phi) is 3.60. The molecule has 22 heavy (non-hydrogen) atoms. The Morgan fingerprint density at radius 3 is 2.82 bits per heavy atom. The number of hydrogen-bond donors (Lipinski definition) is 1. The summed E-state index contributed by atoms with van der Waals surface area (Å²) in [5.41, 5.74) is 0.159. The monoisotopic (exact) mass is 302 g/mol. The molecular weight excluding hydrogens is 284 g/mol. The number of carboxylic acid groups (broad SMARTS) is 1. The minimum absolute atomic E-state index is 0.0185. The number of carbonyl (C=O) groups excluding carboxylic acids is 1. The van der Waals surface area contributed by atoms with Crippen LogP contribution in [-0.4, -0.2) is 32.2 Å². The standard InChI is InChI=1S/C16H18N2O4/c1-11(12-5-3-2-4-6-12)18-10-17-9-13(18)14(19)22-16(7-8-16)15(20)21/h2-3,5,9-11H,4,6-8H2,1H3,(H,20,21)/t11-/m1/s1. The number of imidazole rings is 1. The van der Waals surface area contributed by atoms with Gasteiger partial charge in [-0.25, -0.2) is 14.6 Å². The quantitative estimate of drug-likeness (QED) is 0.845. The molecule has 0 aromatic carbocycles. The van der Waals surface area contributed by atoms with Gasteiger partial charge in [-0.2, -0.15) is 0 Å². The van der Waals surface area contributed by atoms with Crippen LogP contribution in [0.4, 0.5) is 0 Å². The summed E-state index contributed by atoms with van der Waals surface area (Å²) in [7, 11) is 0. The maximum atomic E-state index is 12.3. The van der Waals surface area contributed by atoms with E-state index in [0.29, 0.717) is 12.8 Å². The van der Waals surface area contributed by atoms with Crippen LogP contribution in [-0.2, 0) is 9.53 Å². The molecule has 0 amide bonds. The van der Waals surface area contributed by atoms with Gasteiger partial charge in [-0.3, -0.25) is 0 Å². The first-order valence-electron chi connectivity index (χ1n) is 7.38. The van der Waals surface area contributed by atoms with Gasteiger partial charge >= 0.3 is 11.9 Å². The highest BCUT2D eigenvalue weighted by molar-refractivity contribution is 5.92. The van der Waals surface area contributed by atoms with E-state index < -0.39 is 17.5 Å². The predicted octanol–water partition coefficient (Wildman–Crippen LogP) is 2.49. The Balaban J connectivity index is 1.80. The van der Waals surface area contributed by atoms with Gasteiger partial charge in [0.05, 0.1) is 18.6 Å². The van der Waals surface area contributed by atoms with Crippen molar-refractivity contribution >= 4 is 11.9 Å². The number of hydrogen-bond acceptors (Lipinski definition) is 4. The molecule has 1 aromatic heterocycles. The molecule has 0 aliphatic heterocycles. The summed E-state index contributed by atoms with van der Waals surface area (Å²) in [6.07, 6.45) is 11.8. The molecule has 6 nitrogen and oxygen atoms in total. The summed E-state index contributed by atoms with van der Waals surface area (Å²) in [4.78, 5) is 27.5. The Labute approximate surface area is 128 Å². The number of aromatic nitrogens is 2. The molecule has 1 N–H and O–H groups in total. The van der Waals surface area contributed by atoms with Crippen LogP contribution in [0.5, 0.6) is 0 Å². The van der Waals surface area contributed by atoms with Crippen molar-refractivity contribution in [1.82, 2.24) is 9.55 Å². The first-order valence-corrected chi connectivity index (χ1v) is 7.38. The fourth-order valence-electron chi connectivity index (χ4n) is 2.62. The minimum Gasteiger partial charge on any atom is -0.478 e. The number of allylic oxidation sites excluding steroid dienone is 4. The average molecular weight is 302 g/mol. The second kappa shape index (κ2) is 5.44. The third-order valence-electron chi connectivity index (χ3n) is 4.26. The van der Waals surface area contributed by atoms with E-state index in [1.54, 1.807) is 10.9 Å². The number of carbonyl (C=O) groups is 2. The van der Waals surface area contributed by atoms with Gasteiger partial charge in [0.15, 0.2) is 0 Å². The van der Waals surface area contributed by atoms with Crippen LogP contribution in [0.1, 0.15) is 49.1 Å². The van der Waals surface area contributed by atoms with Gasteiger partial charge in [0.2, 0.25) is 5.60 Å². The zero-order valence-electron chi connectivity index (χ0n) is 12.4. The van der Waals surface area contributed by atoms with Crippen LogP contribution >= 0.6 is 0 Å². The lowest BCUT2D eigenvalue weighted by molar-refractivity contribution is -0.149. The fourth-order valence-corrected chi connectivity index (χ4v) is 2.62. The van der Waals surface area contributed by atoms with E-state index >= 15 is 0 Å². The van der Waals surface area contributed by atoms with Gasteiger partial charge in [-0.05, 0) is 25.3 Å². The Morgan fingerprint density at radius 2 is 2.23 bits per heavy atom. The molecule has 1 saturated carbocycles. The van der Waals surface area contributed by atoms with Crippen molar-refractivity contribution < 1.29 is 19.4 Å². The van der Waals surface area contributed by atoms with Crippen LogP contribution in [0.25, 0.3) is 0 Å². The molecule has 116 valence electrons. The van der Waals surface area contributed by atoms with Gasteiger partial charge in [0, 0.05) is 12.8 Å². The van der Waals surface area contributed by atoms with E-state index in [-0.39, 0.29) is 11.7 Å². The third kappa shape index (κ3) is 2.56. The lowest BCUT2D eigenvalue weighted by atomic mass is 9.99. The molecule has 1 atom stereocenters. The highest BCUT2D eigenvalue weighted by atomic mass is 16.6. The van der Waals surface area contributed by atoms with Crippen molar-refractivity contribution in [3.8, 4) is 0 Å². The first-order chi connectivity index (χ1) is 10.5. The van der Waals surface area contributed by atoms with E-state index in [1.165, 1.54) is 11.8 Å². The molecule has 1 fully saturated rings. The summed E-state index contributed by atoms with van der Waals surface area (Å²) in [6.45, 7) is 1.99. The molecule has 0 radical (unpaired) electrons. The SMILES string of the molecule is C[C@H](C1=CC=CCC1)n1cncc1C(=O)OC1(C(=O)O)CC1. The zero-order valence-corrected chi connectivity index (χ0v) is 12.4. The van der Waals surface area contributed by atoms with Crippen LogP contribution in [0.3, 0.4) is 0 Å². The fraction of sp³-hybridized carbons (Fsp3) is 0.438. The van der Waals surface area contributed by atoms with Gasteiger partial charge in [-0.15, -0.1) is 0 Å². The average Bonchev–Trinajstić information content (AvgIpc) is 3.14. The van der Waals surface area contributed by atoms with Crippen molar-refractivity contribution in [2.75, 3.05) is 0 Å². The van der Waals surface area contributed by atoms with Crippen molar-refractivity contribution in [2.24, 2.45) is 0 Å². The largest absolute Gasteiger partial charge is 0.478 e. The van der Waals surface area contributed by atoms with Crippen LogP contribution in [0.15, 0.2) is 36.3 Å².